The van der Waals surface area contributed by atoms with Crippen LogP contribution in [0.25, 0.3) is 0 Å². The Labute approximate surface area is 129 Å². The molecule has 0 radical (unpaired) electrons. The van der Waals surface area contributed by atoms with E-state index in [0.29, 0.717) is 16.7 Å². The summed E-state index contributed by atoms with van der Waals surface area (Å²) in [6.45, 7) is 11.9. The summed E-state index contributed by atoms with van der Waals surface area (Å²) in [6.07, 6.45) is 9.64. The van der Waals surface area contributed by atoms with E-state index in [4.69, 9.17) is 9.47 Å². The Morgan fingerprint density at radius 2 is 1.81 bits per heavy atom. The average molecular weight is 290 g/mol. The number of allylic oxidation sites excluding steroid dienone is 1. The van der Waals surface area contributed by atoms with Crippen molar-refractivity contribution >= 4 is 0 Å². The summed E-state index contributed by atoms with van der Waals surface area (Å²) in [5.74, 6) is 2.34. The van der Waals surface area contributed by atoms with Crippen molar-refractivity contribution in [3.8, 4) is 0 Å². The van der Waals surface area contributed by atoms with Crippen LogP contribution in [0.15, 0.2) is 12.2 Å². The van der Waals surface area contributed by atoms with Crippen LogP contribution in [0.1, 0.15) is 60.3 Å². The molecule has 3 aliphatic carbocycles. The van der Waals surface area contributed by atoms with Gasteiger partial charge in [-0.15, -0.1) is 0 Å². The first-order valence-electron chi connectivity index (χ1n) is 8.80. The van der Waals surface area contributed by atoms with Crippen molar-refractivity contribution in [2.45, 2.75) is 78.3 Å². The molecule has 0 aromatic rings. The third-order valence-corrected chi connectivity index (χ3v) is 7.86. The van der Waals surface area contributed by atoms with Gasteiger partial charge < -0.3 is 9.47 Å². The van der Waals surface area contributed by atoms with Gasteiger partial charge in [-0.05, 0) is 74.2 Å². The lowest BCUT2D eigenvalue weighted by Gasteiger charge is -2.47. The minimum absolute atomic E-state index is 0.0943. The van der Waals surface area contributed by atoms with Crippen LogP contribution in [-0.2, 0) is 9.47 Å². The second-order valence-electron chi connectivity index (χ2n) is 8.87. The normalized spacial score (nSPS) is 57.7. The predicted octanol–water partition coefficient (Wildman–Crippen LogP) is 4.55. The standard InChI is InChI=1S/C19H30O2/c1-6-7-16-20-15-11-19-10-14(18(15,5)21-16)17(3,4)13(19)9-8-12(19)2/h6-7,12-16H,8-11H2,1-5H3/b7-6+/t12-,13+,14-,15+,16+,18-,19-/m1/s1. The highest BCUT2D eigenvalue weighted by Crippen LogP contribution is 2.74. The number of ether oxygens (including phenoxy) is 2. The molecule has 1 spiro atoms. The number of hydrogen-bond acceptors (Lipinski definition) is 2. The minimum Gasteiger partial charge on any atom is -0.343 e. The molecule has 2 heteroatoms. The molecule has 118 valence electrons. The van der Waals surface area contributed by atoms with Crippen LogP contribution in [-0.4, -0.2) is 18.0 Å². The highest BCUT2D eigenvalue weighted by atomic mass is 16.7. The Balaban J connectivity index is 1.76. The van der Waals surface area contributed by atoms with Crippen LogP contribution in [0.3, 0.4) is 0 Å². The number of fused-ring (bicyclic) bond motifs is 3. The maximum absolute atomic E-state index is 6.45. The van der Waals surface area contributed by atoms with Gasteiger partial charge >= 0.3 is 0 Å². The lowest BCUT2D eigenvalue weighted by atomic mass is 9.63. The average Bonchev–Trinajstić information content (AvgIpc) is 2.95. The van der Waals surface area contributed by atoms with E-state index < -0.39 is 0 Å². The molecule has 0 amide bonds. The topological polar surface area (TPSA) is 18.5 Å². The first-order valence-corrected chi connectivity index (χ1v) is 8.80. The second-order valence-corrected chi connectivity index (χ2v) is 8.87. The van der Waals surface area contributed by atoms with E-state index in [2.05, 4.69) is 33.8 Å². The van der Waals surface area contributed by atoms with Crippen LogP contribution in [0.4, 0.5) is 0 Å². The Morgan fingerprint density at radius 3 is 2.52 bits per heavy atom. The van der Waals surface area contributed by atoms with Gasteiger partial charge in [-0.2, -0.15) is 0 Å². The lowest BCUT2D eigenvalue weighted by Crippen LogP contribution is -2.52. The third kappa shape index (κ3) is 1.56. The molecule has 0 unspecified atom stereocenters. The van der Waals surface area contributed by atoms with Gasteiger partial charge in [0.15, 0.2) is 6.29 Å². The van der Waals surface area contributed by atoms with Crippen molar-refractivity contribution in [1.29, 1.82) is 0 Å². The molecule has 0 aromatic heterocycles. The predicted molar refractivity (Wildman–Crippen MR) is 83.8 cm³/mol. The van der Waals surface area contributed by atoms with Gasteiger partial charge in [0.05, 0.1) is 11.7 Å². The molecule has 21 heavy (non-hydrogen) atoms. The molecular formula is C19H30O2. The maximum atomic E-state index is 6.45. The van der Waals surface area contributed by atoms with Gasteiger partial charge in [0, 0.05) is 0 Å². The minimum atomic E-state index is -0.133. The van der Waals surface area contributed by atoms with Crippen LogP contribution in [0, 0.1) is 28.6 Å². The fourth-order valence-corrected chi connectivity index (χ4v) is 6.84. The zero-order valence-electron chi connectivity index (χ0n) is 14.2. The highest BCUT2D eigenvalue weighted by Gasteiger charge is 2.72. The Bertz CT molecular complexity index is 482. The van der Waals surface area contributed by atoms with Crippen molar-refractivity contribution in [2.24, 2.45) is 28.6 Å². The Hall–Kier alpha value is -0.340. The van der Waals surface area contributed by atoms with Gasteiger partial charge in [0.25, 0.3) is 0 Å². The van der Waals surface area contributed by atoms with Gasteiger partial charge in [0.2, 0.25) is 0 Å². The first-order chi connectivity index (χ1) is 9.84. The molecule has 4 rings (SSSR count). The van der Waals surface area contributed by atoms with Gasteiger partial charge in [-0.25, -0.2) is 0 Å². The van der Waals surface area contributed by atoms with Crippen LogP contribution < -0.4 is 0 Å². The first kappa shape index (κ1) is 14.3. The van der Waals surface area contributed by atoms with Crippen LogP contribution in [0.5, 0.6) is 0 Å². The molecule has 0 aromatic carbocycles. The molecule has 2 bridgehead atoms. The number of hydrogen-bond donors (Lipinski definition) is 0. The van der Waals surface area contributed by atoms with E-state index in [1.54, 1.807) is 0 Å². The summed E-state index contributed by atoms with van der Waals surface area (Å²) in [4.78, 5) is 0. The van der Waals surface area contributed by atoms with Crippen molar-refractivity contribution < 1.29 is 9.47 Å². The smallest absolute Gasteiger partial charge is 0.178 e. The van der Waals surface area contributed by atoms with Crippen LogP contribution >= 0.6 is 0 Å². The van der Waals surface area contributed by atoms with E-state index in [1.165, 1.54) is 25.7 Å². The summed E-state index contributed by atoms with van der Waals surface area (Å²) in [6, 6.07) is 0. The lowest BCUT2D eigenvalue weighted by molar-refractivity contribution is -0.104. The van der Waals surface area contributed by atoms with Gasteiger partial charge in [-0.1, -0.05) is 26.8 Å². The molecule has 1 saturated heterocycles. The van der Waals surface area contributed by atoms with Crippen molar-refractivity contribution in [3.63, 3.8) is 0 Å². The molecule has 1 aliphatic heterocycles. The summed E-state index contributed by atoms with van der Waals surface area (Å²) < 4.78 is 12.8. The van der Waals surface area contributed by atoms with E-state index in [9.17, 15) is 0 Å². The largest absolute Gasteiger partial charge is 0.343 e. The fourth-order valence-electron chi connectivity index (χ4n) is 6.84. The monoisotopic (exact) mass is 290 g/mol. The fraction of sp³-hybridized carbons (Fsp3) is 0.895. The van der Waals surface area contributed by atoms with E-state index in [-0.39, 0.29) is 18.0 Å². The van der Waals surface area contributed by atoms with E-state index >= 15 is 0 Å². The highest BCUT2D eigenvalue weighted by molar-refractivity contribution is 5.21. The number of rotatable bonds is 1. The van der Waals surface area contributed by atoms with Crippen molar-refractivity contribution in [1.82, 2.24) is 0 Å². The molecule has 7 atom stereocenters. The van der Waals surface area contributed by atoms with Crippen LogP contribution in [0.2, 0.25) is 0 Å². The molecule has 3 saturated carbocycles. The summed E-state index contributed by atoms with van der Waals surface area (Å²) >= 11 is 0. The molecule has 1 heterocycles. The maximum Gasteiger partial charge on any atom is 0.178 e. The SMILES string of the molecule is C/C=C/[C@H]1O[C@H]2C[C@@]34C[C@H](C(C)(C)[C@@H]3CC[C@H]4C)[C@@]2(C)O1. The molecule has 4 fully saturated rings. The molecular weight excluding hydrogens is 260 g/mol. The zero-order chi connectivity index (χ0) is 15.0. The summed E-state index contributed by atoms with van der Waals surface area (Å²) in [5, 5.41) is 0. The molecule has 4 aliphatic rings. The Morgan fingerprint density at radius 1 is 1.05 bits per heavy atom. The second kappa shape index (κ2) is 4.14. The molecule has 0 N–H and O–H groups in total. The summed E-state index contributed by atoms with van der Waals surface area (Å²) in [5.41, 5.74) is 0.804. The zero-order valence-corrected chi connectivity index (χ0v) is 14.2. The van der Waals surface area contributed by atoms with Crippen molar-refractivity contribution in [2.75, 3.05) is 0 Å². The molecule has 2 nitrogen and oxygen atoms in total. The van der Waals surface area contributed by atoms with E-state index in [0.717, 1.165) is 11.8 Å². The van der Waals surface area contributed by atoms with Gasteiger partial charge in [0.1, 0.15) is 0 Å². The summed E-state index contributed by atoms with van der Waals surface area (Å²) in [7, 11) is 0. The Kier molecular flexibility index (Phi) is 2.81. The van der Waals surface area contributed by atoms with Gasteiger partial charge in [-0.3, -0.25) is 0 Å². The van der Waals surface area contributed by atoms with Crippen molar-refractivity contribution in [3.05, 3.63) is 12.2 Å². The van der Waals surface area contributed by atoms with E-state index in [1.807, 2.05) is 13.0 Å². The third-order valence-electron chi connectivity index (χ3n) is 7.86. The quantitative estimate of drug-likeness (QED) is 0.660.